The molecule has 3 aromatic rings. The number of nitrogens with one attached hydrogen (secondary N) is 1. The third-order valence-corrected chi connectivity index (χ3v) is 4.22. The maximum Gasteiger partial charge on any atom is 0.435 e. The lowest BCUT2D eigenvalue weighted by molar-refractivity contribution is -0.141. The molecule has 0 spiro atoms. The lowest BCUT2D eigenvalue weighted by atomic mass is 10.2. The molecule has 2 aromatic heterocycles. The van der Waals surface area contributed by atoms with E-state index in [1.54, 1.807) is 29.1 Å². The van der Waals surface area contributed by atoms with E-state index in [1.165, 1.54) is 6.20 Å². The summed E-state index contributed by atoms with van der Waals surface area (Å²) >= 11 is 11.8. The Hall–Kier alpha value is -2.52. The van der Waals surface area contributed by atoms with Crippen molar-refractivity contribution in [3.8, 4) is 0 Å². The van der Waals surface area contributed by atoms with Crippen molar-refractivity contribution in [2.24, 2.45) is 0 Å². The molecule has 0 fully saturated rings. The second-order valence-corrected chi connectivity index (χ2v) is 6.43. The molecule has 1 N–H and O–H groups in total. The van der Waals surface area contributed by atoms with Crippen LogP contribution in [0.2, 0.25) is 10.0 Å². The Balaban J connectivity index is 1.59. The zero-order valence-electron chi connectivity index (χ0n) is 13.5. The Labute approximate surface area is 161 Å². The van der Waals surface area contributed by atoms with Crippen LogP contribution in [-0.4, -0.2) is 25.5 Å². The van der Waals surface area contributed by atoms with Crippen molar-refractivity contribution in [1.29, 1.82) is 0 Å². The molecule has 3 rings (SSSR count). The van der Waals surface area contributed by atoms with Crippen molar-refractivity contribution < 1.29 is 18.0 Å². The Morgan fingerprint density at radius 3 is 2.59 bits per heavy atom. The summed E-state index contributed by atoms with van der Waals surface area (Å²) in [5.74, 6) is -0.527. The van der Waals surface area contributed by atoms with Crippen LogP contribution < -0.4 is 5.32 Å². The first-order valence-electron chi connectivity index (χ1n) is 7.57. The highest BCUT2D eigenvalue weighted by atomic mass is 35.5. The number of alkyl halides is 3. The fourth-order valence-corrected chi connectivity index (χ4v) is 2.61. The number of nitrogens with zero attached hydrogens (tertiary/aromatic N) is 4. The molecule has 0 unspecified atom stereocenters. The number of carbonyl (C=O) groups excluding carboxylic acids is 1. The predicted octanol–water partition coefficient (Wildman–Crippen LogP) is 4.09. The minimum absolute atomic E-state index is 0.353. The largest absolute Gasteiger partial charge is 0.435 e. The highest BCUT2D eigenvalue weighted by molar-refractivity contribution is 6.42. The van der Waals surface area contributed by atoms with Crippen LogP contribution in [0.25, 0.3) is 0 Å². The minimum Gasteiger partial charge on any atom is -0.322 e. The number of hydrogen-bond donors (Lipinski definition) is 1. The lowest BCUT2D eigenvalue weighted by Crippen LogP contribution is -2.19. The van der Waals surface area contributed by atoms with Crippen molar-refractivity contribution in [2.45, 2.75) is 19.3 Å². The Morgan fingerprint density at radius 1 is 1.15 bits per heavy atom. The summed E-state index contributed by atoms with van der Waals surface area (Å²) in [4.78, 5) is 12.0. The van der Waals surface area contributed by atoms with Gasteiger partial charge in [-0.2, -0.15) is 23.4 Å². The molecule has 0 bridgehead atoms. The fourth-order valence-electron chi connectivity index (χ4n) is 2.29. The van der Waals surface area contributed by atoms with Gasteiger partial charge in [-0.1, -0.05) is 29.3 Å². The quantitative estimate of drug-likeness (QED) is 0.679. The first kappa shape index (κ1) is 19.2. The van der Waals surface area contributed by atoms with Gasteiger partial charge in [0, 0.05) is 12.4 Å². The Kier molecular flexibility index (Phi) is 5.43. The molecule has 1 aromatic carbocycles. The SMILES string of the molecule is O=C(Cn1ccc(C(F)(F)F)n1)Nc1cnn(Cc2ccc(Cl)c(Cl)c2)c1. The summed E-state index contributed by atoms with van der Waals surface area (Å²) in [7, 11) is 0. The van der Waals surface area contributed by atoms with Gasteiger partial charge in [-0.15, -0.1) is 0 Å². The third-order valence-electron chi connectivity index (χ3n) is 3.48. The van der Waals surface area contributed by atoms with Gasteiger partial charge < -0.3 is 5.32 Å². The van der Waals surface area contributed by atoms with Crippen molar-refractivity contribution in [1.82, 2.24) is 19.6 Å². The monoisotopic (exact) mass is 417 g/mol. The molecule has 142 valence electrons. The van der Waals surface area contributed by atoms with Gasteiger partial charge in [0.1, 0.15) is 6.54 Å². The Bertz CT molecular complexity index is 967. The zero-order chi connectivity index (χ0) is 19.6. The molecule has 2 heterocycles. The number of benzene rings is 1. The molecule has 6 nitrogen and oxygen atoms in total. The maximum absolute atomic E-state index is 12.5. The summed E-state index contributed by atoms with van der Waals surface area (Å²) < 4.78 is 40.0. The van der Waals surface area contributed by atoms with Crippen LogP contribution in [0, 0.1) is 0 Å². The summed E-state index contributed by atoms with van der Waals surface area (Å²) in [5.41, 5.74) is 0.217. The van der Waals surface area contributed by atoms with Crippen LogP contribution in [0.1, 0.15) is 11.3 Å². The standard InChI is InChI=1S/C16H12Cl2F3N5O/c17-12-2-1-10(5-13(12)18)7-26-8-11(6-22-26)23-15(27)9-25-4-3-14(24-25)16(19,20)21/h1-6,8H,7,9H2,(H,23,27). The second kappa shape index (κ2) is 7.61. The van der Waals surface area contributed by atoms with Crippen LogP contribution in [0.15, 0.2) is 42.9 Å². The number of rotatable bonds is 5. The van der Waals surface area contributed by atoms with Gasteiger partial charge in [-0.25, -0.2) is 0 Å². The van der Waals surface area contributed by atoms with Crippen LogP contribution in [0.4, 0.5) is 18.9 Å². The van der Waals surface area contributed by atoms with Gasteiger partial charge >= 0.3 is 6.18 Å². The molecule has 11 heteroatoms. The van der Waals surface area contributed by atoms with E-state index in [0.717, 1.165) is 22.5 Å². The summed E-state index contributed by atoms with van der Waals surface area (Å²) in [6.07, 6.45) is -0.437. The van der Waals surface area contributed by atoms with Crippen molar-refractivity contribution >= 4 is 34.8 Å². The fraction of sp³-hybridized carbons (Fsp3) is 0.188. The zero-order valence-corrected chi connectivity index (χ0v) is 15.1. The van der Waals surface area contributed by atoms with Crippen molar-refractivity contribution in [3.05, 3.63) is 64.2 Å². The third kappa shape index (κ3) is 5.01. The molecule has 0 atom stereocenters. The molecule has 0 aliphatic heterocycles. The lowest BCUT2D eigenvalue weighted by Gasteiger charge is -2.04. The Morgan fingerprint density at radius 2 is 1.93 bits per heavy atom. The number of carbonyl (C=O) groups is 1. The van der Waals surface area contributed by atoms with E-state index in [1.807, 2.05) is 0 Å². The molecular weight excluding hydrogens is 406 g/mol. The van der Waals surface area contributed by atoms with E-state index in [9.17, 15) is 18.0 Å². The number of halogens is 5. The van der Waals surface area contributed by atoms with E-state index >= 15 is 0 Å². The van der Waals surface area contributed by atoms with E-state index in [0.29, 0.717) is 22.3 Å². The van der Waals surface area contributed by atoms with Crippen LogP contribution in [0.5, 0.6) is 0 Å². The molecule has 1 amide bonds. The maximum atomic E-state index is 12.5. The number of hydrogen-bond acceptors (Lipinski definition) is 3. The average molecular weight is 418 g/mol. The van der Waals surface area contributed by atoms with E-state index in [-0.39, 0.29) is 6.54 Å². The molecule has 0 aliphatic carbocycles. The van der Waals surface area contributed by atoms with Crippen LogP contribution >= 0.6 is 23.2 Å². The van der Waals surface area contributed by atoms with Crippen molar-refractivity contribution in [2.75, 3.05) is 5.32 Å². The summed E-state index contributed by atoms with van der Waals surface area (Å²) in [5, 5.41) is 10.9. The van der Waals surface area contributed by atoms with E-state index in [4.69, 9.17) is 23.2 Å². The highest BCUT2D eigenvalue weighted by Crippen LogP contribution is 2.27. The van der Waals surface area contributed by atoms with E-state index in [2.05, 4.69) is 15.5 Å². The highest BCUT2D eigenvalue weighted by Gasteiger charge is 2.33. The van der Waals surface area contributed by atoms with Crippen molar-refractivity contribution in [3.63, 3.8) is 0 Å². The van der Waals surface area contributed by atoms with Gasteiger partial charge in [0.2, 0.25) is 5.91 Å². The number of amides is 1. The van der Waals surface area contributed by atoms with Gasteiger partial charge in [-0.05, 0) is 23.8 Å². The number of aromatic nitrogens is 4. The average Bonchev–Trinajstić information content (AvgIpc) is 3.20. The molecule has 0 saturated carbocycles. The topological polar surface area (TPSA) is 64.7 Å². The van der Waals surface area contributed by atoms with Gasteiger partial charge in [0.05, 0.1) is 28.5 Å². The molecule has 27 heavy (non-hydrogen) atoms. The minimum atomic E-state index is -4.55. The number of anilines is 1. The predicted molar refractivity (Wildman–Crippen MR) is 93.6 cm³/mol. The first-order valence-corrected chi connectivity index (χ1v) is 8.33. The summed E-state index contributed by atoms with van der Waals surface area (Å²) in [6, 6.07) is 5.98. The first-order chi connectivity index (χ1) is 12.7. The van der Waals surface area contributed by atoms with Gasteiger partial charge in [0.25, 0.3) is 0 Å². The second-order valence-electron chi connectivity index (χ2n) is 5.62. The normalized spacial score (nSPS) is 11.6. The van der Waals surface area contributed by atoms with Crippen LogP contribution in [0.3, 0.4) is 0 Å². The molecule has 0 radical (unpaired) electrons. The van der Waals surface area contributed by atoms with Gasteiger partial charge in [0.15, 0.2) is 5.69 Å². The van der Waals surface area contributed by atoms with Crippen LogP contribution in [-0.2, 0) is 24.1 Å². The molecular formula is C16H12Cl2F3N5O. The smallest absolute Gasteiger partial charge is 0.322 e. The summed E-state index contributed by atoms with van der Waals surface area (Å²) in [6.45, 7) is 0.0505. The molecule has 0 saturated heterocycles. The van der Waals surface area contributed by atoms with Gasteiger partial charge in [-0.3, -0.25) is 14.2 Å². The molecule has 0 aliphatic rings. The van der Waals surface area contributed by atoms with E-state index < -0.39 is 17.8 Å².